The molecule has 0 radical (unpaired) electrons. The molecule has 0 fully saturated rings. The molecule has 9 heteroatoms. The van der Waals surface area contributed by atoms with Crippen molar-refractivity contribution in [2.24, 2.45) is 5.73 Å². The van der Waals surface area contributed by atoms with Crippen LogP contribution in [0.1, 0.15) is 28.8 Å². The molecule has 1 aromatic rings. The molecule has 106 valence electrons. The lowest BCUT2D eigenvalue weighted by molar-refractivity contribution is -0.138. The largest absolute Gasteiger partial charge is 0.481 e. The maximum Gasteiger partial charge on any atom is 0.418 e. The van der Waals surface area contributed by atoms with E-state index in [1.807, 2.05) is 0 Å². The van der Waals surface area contributed by atoms with Gasteiger partial charge in [0, 0.05) is 18.3 Å². The smallest absolute Gasteiger partial charge is 0.418 e. The molecule has 4 nitrogen and oxygen atoms in total. The monoisotopic (exact) mass is 284 g/mol. The van der Waals surface area contributed by atoms with Gasteiger partial charge in [0.05, 0.1) is 17.7 Å². The molecular formula is C10H9F5N2O2. The molecule has 0 atom stereocenters. The number of pyridine rings is 1. The third kappa shape index (κ3) is 3.37. The Balaban J connectivity index is 3.52. The number of hydrogen-bond donors (Lipinski definition) is 2. The van der Waals surface area contributed by atoms with E-state index in [0.717, 1.165) is 0 Å². The second-order valence-corrected chi connectivity index (χ2v) is 3.58. The van der Waals surface area contributed by atoms with Crippen molar-refractivity contribution < 1.29 is 31.9 Å². The summed E-state index contributed by atoms with van der Waals surface area (Å²) in [4.78, 5) is 13.7. The minimum absolute atomic E-state index is 0.326. The van der Waals surface area contributed by atoms with Crippen LogP contribution in [0.25, 0.3) is 0 Å². The first-order chi connectivity index (χ1) is 8.68. The van der Waals surface area contributed by atoms with Gasteiger partial charge in [0.25, 0.3) is 6.43 Å². The predicted octanol–water partition coefficient (Wildman–Crippen LogP) is 2.12. The van der Waals surface area contributed by atoms with E-state index in [0.29, 0.717) is 6.20 Å². The Bertz CT molecular complexity index is 488. The second kappa shape index (κ2) is 5.47. The summed E-state index contributed by atoms with van der Waals surface area (Å²) in [5.41, 5.74) is 1.21. The maximum absolute atomic E-state index is 12.8. The highest BCUT2D eigenvalue weighted by atomic mass is 19.4. The van der Waals surface area contributed by atoms with Crippen LogP contribution in [0, 0.1) is 0 Å². The van der Waals surface area contributed by atoms with Gasteiger partial charge in [-0.2, -0.15) is 13.2 Å². The van der Waals surface area contributed by atoms with E-state index in [1.54, 1.807) is 0 Å². The van der Waals surface area contributed by atoms with Gasteiger partial charge in [0.1, 0.15) is 0 Å². The number of halogens is 5. The Kier molecular flexibility index (Phi) is 4.40. The van der Waals surface area contributed by atoms with E-state index in [1.165, 1.54) is 0 Å². The van der Waals surface area contributed by atoms with Crippen molar-refractivity contribution in [3.63, 3.8) is 0 Å². The van der Waals surface area contributed by atoms with Crippen molar-refractivity contribution in [2.45, 2.75) is 25.6 Å². The molecular weight excluding hydrogens is 275 g/mol. The van der Waals surface area contributed by atoms with Gasteiger partial charge in [-0.1, -0.05) is 0 Å². The number of carboxylic acid groups (broad SMARTS) is 1. The van der Waals surface area contributed by atoms with Crippen LogP contribution in [0.5, 0.6) is 0 Å². The SMILES string of the molecule is NCc1c(C(F)(F)F)cnc(CC(=O)O)c1C(F)F. The van der Waals surface area contributed by atoms with Crippen molar-refractivity contribution in [1.29, 1.82) is 0 Å². The Hall–Kier alpha value is -1.77. The van der Waals surface area contributed by atoms with Crippen LogP contribution in [0.4, 0.5) is 22.0 Å². The Morgan fingerprint density at radius 3 is 2.37 bits per heavy atom. The third-order valence-electron chi connectivity index (χ3n) is 2.36. The average molecular weight is 284 g/mol. The first-order valence-corrected chi connectivity index (χ1v) is 4.96. The lowest BCUT2D eigenvalue weighted by Crippen LogP contribution is -2.18. The van der Waals surface area contributed by atoms with Crippen LogP contribution >= 0.6 is 0 Å². The summed E-state index contributed by atoms with van der Waals surface area (Å²) >= 11 is 0. The standard InChI is InChI=1S/C10H9F5N2O2/c11-9(12)8-4(2-16)5(10(13,14)15)3-17-6(8)1-7(18)19/h3,9H,1-2,16H2,(H,18,19). The zero-order chi connectivity index (χ0) is 14.8. The van der Waals surface area contributed by atoms with Gasteiger partial charge in [-0.3, -0.25) is 9.78 Å². The molecule has 1 heterocycles. The molecule has 19 heavy (non-hydrogen) atoms. The minimum Gasteiger partial charge on any atom is -0.481 e. The van der Waals surface area contributed by atoms with Crippen LogP contribution < -0.4 is 5.73 Å². The molecule has 0 saturated heterocycles. The second-order valence-electron chi connectivity index (χ2n) is 3.58. The third-order valence-corrected chi connectivity index (χ3v) is 2.36. The van der Waals surface area contributed by atoms with Crippen molar-refractivity contribution in [3.8, 4) is 0 Å². The van der Waals surface area contributed by atoms with Crippen molar-refractivity contribution >= 4 is 5.97 Å². The molecule has 1 rings (SSSR count). The fraction of sp³-hybridized carbons (Fsp3) is 0.400. The van der Waals surface area contributed by atoms with E-state index >= 15 is 0 Å². The van der Waals surface area contributed by atoms with Gasteiger partial charge in [-0.25, -0.2) is 8.78 Å². The number of hydrogen-bond acceptors (Lipinski definition) is 3. The molecule has 0 saturated carbocycles. The molecule has 0 aliphatic carbocycles. The van der Waals surface area contributed by atoms with Gasteiger partial charge in [0.2, 0.25) is 0 Å². The Morgan fingerprint density at radius 1 is 1.42 bits per heavy atom. The molecule has 0 amide bonds. The molecule has 0 spiro atoms. The predicted molar refractivity (Wildman–Crippen MR) is 53.4 cm³/mol. The lowest BCUT2D eigenvalue weighted by Gasteiger charge is -2.17. The highest BCUT2D eigenvalue weighted by molar-refractivity contribution is 5.70. The zero-order valence-electron chi connectivity index (χ0n) is 9.34. The summed E-state index contributed by atoms with van der Waals surface area (Å²) in [6, 6.07) is 0. The summed E-state index contributed by atoms with van der Waals surface area (Å²) in [7, 11) is 0. The number of nitrogens with two attached hydrogens (primary N) is 1. The number of alkyl halides is 5. The van der Waals surface area contributed by atoms with E-state index in [4.69, 9.17) is 10.8 Å². The summed E-state index contributed by atoms with van der Waals surface area (Å²) in [5, 5.41) is 8.53. The number of nitrogens with zero attached hydrogens (tertiary/aromatic N) is 1. The highest BCUT2D eigenvalue weighted by Gasteiger charge is 2.36. The first-order valence-electron chi connectivity index (χ1n) is 4.96. The van der Waals surface area contributed by atoms with Crippen LogP contribution in [-0.4, -0.2) is 16.1 Å². The minimum atomic E-state index is -4.88. The Labute approximate surface area is 104 Å². The van der Waals surface area contributed by atoms with Crippen LogP contribution in [0.3, 0.4) is 0 Å². The summed E-state index contributed by atoms with van der Waals surface area (Å²) in [6.07, 6.45) is -8.74. The summed E-state index contributed by atoms with van der Waals surface area (Å²) in [6.45, 7) is -0.788. The van der Waals surface area contributed by atoms with Crippen molar-refractivity contribution in [1.82, 2.24) is 4.98 Å². The van der Waals surface area contributed by atoms with E-state index in [-0.39, 0.29) is 0 Å². The number of aromatic nitrogens is 1. The average Bonchev–Trinajstić information content (AvgIpc) is 2.25. The van der Waals surface area contributed by atoms with E-state index in [2.05, 4.69) is 4.98 Å². The van der Waals surface area contributed by atoms with E-state index < -0.39 is 53.9 Å². The number of rotatable bonds is 4. The number of carbonyl (C=O) groups is 1. The van der Waals surface area contributed by atoms with Gasteiger partial charge in [0.15, 0.2) is 0 Å². The Morgan fingerprint density at radius 2 is 2.00 bits per heavy atom. The molecule has 0 aliphatic rings. The molecule has 1 aromatic heterocycles. The molecule has 0 unspecified atom stereocenters. The summed E-state index contributed by atoms with van der Waals surface area (Å²) in [5.74, 6) is -1.47. The van der Waals surface area contributed by atoms with Crippen molar-refractivity contribution in [3.05, 3.63) is 28.6 Å². The van der Waals surface area contributed by atoms with Gasteiger partial charge in [-0.05, 0) is 5.56 Å². The van der Waals surface area contributed by atoms with Gasteiger partial charge < -0.3 is 10.8 Å². The lowest BCUT2D eigenvalue weighted by atomic mass is 9.99. The molecule has 0 aromatic carbocycles. The first kappa shape index (κ1) is 15.3. The topological polar surface area (TPSA) is 76.2 Å². The van der Waals surface area contributed by atoms with Crippen LogP contribution in [0.15, 0.2) is 6.20 Å². The zero-order valence-corrected chi connectivity index (χ0v) is 9.34. The fourth-order valence-electron chi connectivity index (χ4n) is 1.62. The number of aliphatic carboxylic acids is 1. The van der Waals surface area contributed by atoms with E-state index in [9.17, 15) is 26.7 Å². The van der Waals surface area contributed by atoms with Crippen LogP contribution in [0.2, 0.25) is 0 Å². The molecule has 3 N–H and O–H groups in total. The highest BCUT2D eigenvalue weighted by Crippen LogP contribution is 2.36. The van der Waals surface area contributed by atoms with Crippen molar-refractivity contribution in [2.75, 3.05) is 0 Å². The van der Waals surface area contributed by atoms with Gasteiger partial charge >= 0.3 is 12.1 Å². The van der Waals surface area contributed by atoms with Crippen LogP contribution in [-0.2, 0) is 23.9 Å². The fourth-order valence-corrected chi connectivity index (χ4v) is 1.62. The number of carboxylic acids is 1. The van der Waals surface area contributed by atoms with Gasteiger partial charge in [-0.15, -0.1) is 0 Å². The molecule has 0 bridgehead atoms. The maximum atomic E-state index is 12.8. The summed E-state index contributed by atoms with van der Waals surface area (Å²) < 4.78 is 63.5. The normalized spacial score (nSPS) is 11.9. The quantitative estimate of drug-likeness (QED) is 0.830. The molecule has 0 aliphatic heterocycles.